The van der Waals surface area contributed by atoms with Crippen LogP contribution in [0.15, 0.2) is 22.9 Å². The van der Waals surface area contributed by atoms with Gasteiger partial charge in [-0.1, -0.05) is 6.07 Å². The second-order valence-corrected chi connectivity index (χ2v) is 8.78. The van der Waals surface area contributed by atoms with Gasteiger partial charge in [0.25, 0.3) is 0 Å². The molecule has 0 spiro atoms. The Hall–Kier alpha value is -1.29. The van der Waals surface area contributed by atoms with E-state index in [9.17, 15) is 13.2 Å². The SMILES string of the molecule is CS(=O)(=O)N1CCCC1C(=O)Nc1nc(-c2cccs2)cs1. The van der Waals surface area contributed by atoms with E-state index >= 15 is 0 Å². The molecule has 2 aromatic heterocycles. The van der Waals surface area contributed by atoms with Crippen molar-refractivity contribution >= 4 is 43.7 Å². The van der Waals surface area contributed by atoms with Crippen molar-refractivity contribution in [3.05, 3.63) is 22.9 Å². The quantitative estimate of drug-likeness (QED) is 0.910. The van der Waals surface area contributed by atoms with Crippen LogP contribution in [0.5, 0.6) is 0 Å². The third-order valence-electron chi connectivity index (χ3n) is 3.44. The van der Waals surface area contributed by atoms with Crippen LogP contribution in [-0.2, 0) is 14.8 Å². The maximum Gasteiger partial charge on any atom is 0.244 e. The highest BCUT2D eigenvalue weighted by molar-refractivity contribution is 7.88. The van der Waals surface area contributed by atoms with E-state index in [0.717, 1.165) is 16.8 Å². The largest absolute Gasteiger partial charge is 0.301 e. The molecule has 0 bridgehead atoms. The molecule has 1 aliphatic heterocycles. The van der Waals surface area contributed by atoms with Gasteiger partial charge in [-0.15, -0.1) is 22.7 Å². The highest BCUT2D eigenvalue weighted by atomic mass is 32.2. The molecule has 0 aromatic carbocycles. The van der Waals surface area contributed by atoms with Gasteiger partial charge >= 0.3 is 0 Å². The third-order valence-corrected chi connectivity index (χ3v) is 6.38. The highest BCUT2D eigenvalue weighted by Gasteiger charge is 2.36. The number of carbonyl (C=O) groups is 1. The molecule has 118 valence electrons. The molecule has 1 atom stereocenters. The number of carbonyl (C=O) groups excluding carboxylic acids is 1. The molecule has 22 heavy (non-hydrogen) atoms. The maximum atomic E-state index is 12.3. The summed E-state index contributed by atoms with van der Waals surface area (Å²) < 4.78 is 24.6. The van der Waals surface area contributed by atoms with Crippen LogP contribution in [0.25, 0.3) is 10.6 Å². The van der Waals surface area contributed by atoms with E-state index in [-0.39, 0.29) is 5.91 Å². The maximum absolute atomic E-state index is 12.3. The number of sulfonamides is 1. The number of hydrogen-bond donors (Lipinski definition) is 1. The van der Waals surface area contributed by atoms with E-state index in [1.165, 1.54) is 15.6 Å². The average molecular weight is 357 g/mol. The lowest BCUT2D eigenvalue weighted by molar-refractivity contribution is -0.119. The summed E-state index contributed by atoms with van der Waals surface area (Å²) in [5.41, 5.74) is 0.821. The van der Waals surface area contributed by atoms with Crippen LogP contribution < -0.4 is 5.32 Å². The molecule has 1 N–H and O–H groups in total. The first-order valence-electron chi connectivity index (χ1n) is 6.72. The Labute approximate surface area is 136 Å². The van der Waals surface area contributed by atoms with Gasteiger partial charge in [0, 0.05) is 11.9 Å². The van der Waals surface area contributed by atoms with Crippen molar-refractivity contribution in [3.8, 4) is 10.6 Å². The first-order valence-corrected chi connectivity index (χ1v) is 10.3. The summed E-state index contributed by atoms with van der Waals surface area (Å²) in [5.74, 6) is -0.310. The molecule has 3 rings (SSSR count). The smallest absolute Gasteiger partial charge is 0.244 e. The molecule has 1 aliphatic rings. The molecule has 0 aliphatic carbocycles. The van der Waals surface area contributed by atoms with Crippen molar-refractivity contribution in [2.75, 3.05) is 18.1 Å². The molecule has 0 radical (unpaired) electrons. The fourth-order valence-electron chi connectivity index (χ4n) is 2.46. The van der Waals surface area contributed by atoms with Crippen molar-refractivity contribution in [3.63, 3.8) is 0 Å². The number of amides is 1. The number of nitrogens with one attached hydrogen (secondary N) is 1. The molecular weight excluding hydrogens is 342 g/mol. The summed E-state index contributed by atoms with van der Waals surface area (Å²) in [6.45, 7) is 0.398. The Kier molecular flexibility index (Phi) is 4.31. The van der Waals surface area contributed by atoms with Gasteiger partial charge in [-0.2, -0.15) is 4.31 Å². The zero-order chi connectivity index (χ0) is 15.7. The Bertz CT molecular complexity index is 768. The molecule has 1 saturated heterocycles. The lowest BCUT2D eigenvalue weighted by atomic mass is 10.2. The number of aromatic nitrogens is 1. The van der Waals surface area contributed by atoms with E-state index < -0.39 is 16.1 Å². The first kappa shape index (κ1) is 15.6. The predicted molar refractivity (Wildman–Crippen MR) is 88.6 cm³/mol. The Morgan fingerprint density at radius 1 is 1.45 bits per heavy atom. The second kappa shape index (κ2) is 6.07. The molecular formula is C13H15N3O3S3. The second-order valence-electron chi connectivity index (χ2n) is 5.04. The minimum absolute atomic E-state index is 0.310. The fourth-order valence-corrected chi connectivity index (χ4v) is 5.05. The molecule has 6 nitrogen and oxygen atoms in total. The summed E-state index contributed by atoms with van der Waals surface area (Å²) in [6.07, 6.45) is 2.38. The number of nitrogens with zero attached hydrogens (tertiary/aromatic N) is 2. The van der Waals surface area contributed by atoms with E-state index in [2.05, 4.69) is 10.3 Å². The van der Waals surface area contributed by atoms with Crippen molar-refractivity contribution in [1.29, 1.82) is 0 Å². The van der Waals surface area contributed by atoms with Crippen molar-refractivity contribution < 1.29 is 13.2 Å². The number of thiophene rings is 1. The van der Waals surface area contributed by atoms with Gasteiger partial charge in [-0.05, 0) is 24.3 Å². The Morgan fingerprint density at radius 2 is 2.27 bits per heavy atom. The molecule has 1 unspecified atom stereocenters. The molecule has 1 amide bonds. The van der Waals surface area contributed by atoms with Gasteiger partial charge < -0.3 is 5.32 Å². The lowest BCUT2D eigenvalue weighted by Crippen LogP contribution is -2.42. The Morgan fingerprint density at radius 3 is 2.95 bits per heavy atom. The molecule has 9 heteroatoms. The van der Waals surface area contributed by atoms with Gasteiger partial charge in [0.15, 0.2) is 5.13 Å². The molecule has 0 saturated carbocycles. The van der Waals surface area contributed by atoms with E-state index in [4.69, 9.17) is 0 Å². The van der Waals surface area contributed by atoms with Crippen LogP contribution in [0.3, 0.4) is 0 Å². The van der Waals surface area contributed by atoms with E-state index in [1.54, 1.807) is 11.3 Å². The minimum atomic E-state index is -3.36. The van der Waals surface area contributed by atoms with Crippen LogP contribution in [0.4, 0.5) is 5.13 Å². The monoisotopic (exact) mass is 357 g/mol. The standard InChI is InChI=1S/C13H15N3O3S3/c1-22(18,19)16-6-2-4-10(16)12(17)15-13-14-9(8-21-13)11-5-3-7-20-11/h3,5,7-8,10H,2,4,6H2,1H3,(H,14,15,17). The number of thiazole rings is 1. The summed E-state index contributed by atoms with van der Waals surface area (Å²) in [5, 5.41) is 7.08. The molecule has 1 fully saturated rings. The van der Waals surface area contributed by atoms with Gasteiger partial charge in [0.1, 0.15) is 6.04 Å². The van der Waals surface area contributed by atoms with Crippen molar-refractivity contribution in [1.82, 2.24) is 9.29 Å². The fraction of sp³-hybridized carbons (Fsp3) is 0.385. The van der Waals surface area contributed by atoms with Gasteiger partial charge in [0.05, 0.1) is 16.8 Å². The van der Waals surface area contributed by atoms with Crippen LogP contribution in [0.1, 0.15) is 12.8 Å². The highest BCUT2D eigenvalue weighted by Crippen LogP contribution is 2.29. The summed E-state index contributed by atoms with van der Waals surface area (Å²) in [7, 11) is -3.36. The first-order chi connectivity index (χ1) is 10.4. The average Bonchev–Trinajstić information content (AvgIpc) is 3.19. The molecule has 3 heterocycles. The van der Waals surface area contributed by atoms with E-state index in [0.29, 0.717) is 24.5 Å². The summed E-state index contributed by atoms with van der Waals surface area (Å²) in [6, 6.07) is 3.28. The Balaban J connectivity index is 1.72. The van der Waals surface area contributed by atoms with E-state index in [1.807, 2.05) is 22.9 Å². The zero-order valence-electron chi connectivity index (χ0n) is 11.9. The number of rotatable bonds is 4. The zero-order valence-corrected chi connectivity index (χ0v) is 14.3. The van der Waals surface area contributed by atoms with Gasteiger partial charge in [-0.25, -0.2) is 13.4 Å². The number of anilines is 1. The van der Waals surface area contributed by atoms with Crippen LogP contribution in [-0.4, -0.2) is 42.5 Å². The number of hydrogen-bond acceptors (Lipinski definition) is 6. The predicted octanol–water partition coefficient (Wildman–Crippen LogP) is 2.23. The van der Waals surface area contributed by atoms with Crippen LogP contribution in [0.2, 0.25) is 0 Å². The van der Waals surface area contributed by atoms with Crippen LogP contribution >= 0.6 is 22.7 Å². The third kappa shape index (κ3) is 3.22. The van der Waals surface area contributed by atoms with Crippen molar-refractivity contribution in [2.45, 2.75) is 18.9 Å². The normalized spacial score (nSPS) is 19.4. The minimum Gasteiger partial charge on any atom is -0.301 e. The summed E-state index contributed by atoms with van der Waals surface area (Å²) in [4.78, 5) is 17.7. The topological polar surface area (TPSA) is 79.4 Å². The summed E-state index contributed by atoms with van der Waals surface area (Å²) >= 11 is 2.92. The lowest BCUT2D eigenvalue weighted by Gasteiger charge is -2.20. The van der Waals surface area contributed by atoms with Gasteiger partial charge in [0.2, 0.25) is 15.9 Å². The van der Waals surface area contributed by atoms with Crippen molar-refractivity contribution in [2.24, 2.45) is 0 Å². The van der Waals surface area contributed by atoms with Gasteiger partial charge in [-0.3, -0.25) is 4.79 Å². The molecule has 2 aromatic rings. The van der Waals surface area contributed by atoms with Crippen LogP contribution in [0, 0.1) is 0 Å².